The van der Waals surface area contributed by atoms with Crippen molar-refractivity contribution in [2.75, 3.05) is 10.6 Å². The summed E-state index contributed by atoms with van der Waals surface area (Å²) in [5.74, 6) is 0.469. The number of nitrogens with zero attached hydrogens (tertiary/aromatic N) is 5. The molecule has 3 aromatic heterocycles. The predicted octanol–water partition coefficient (Wildman–Crippen LogP) is 6.90. The van der Waals surface area contributed by atoms with Crippen LogP contribution in [0.4, 0.5) is 11.6 Å². The number of carbonyl (C=O) groups excluding carboxylic acids is 2. The Kier molecular flexibility index (Phi) is 5.51. The zero-order chi connectivity index (χ0) is 33.5. The minimum absolute atomic E-state index is 0.145. The molecule has 2 fully saturated rings. The lowest BCUT2D eigenvalue weighted by atomic mass is 9.63. The lowest BCUT2D eigenvalue weighted by molar-refractivity contribution is -0.125. The minimum Gasteiger partial charge on any atom is -0.310 e. The first-order valence-electron chi connectivity index (χ1n) is 17.0. The Morgan fingerprint density at radius 2 is 0.833 bits per heavy atom. The van der Waals surface area contributed by atoms with E-state index in [-0.39, 0.29) is 22.6 Å². The van der Waals surface area contributed by atoms with Crippen molar-refractivity contribution in [3.05, 3.63) is 89.5 Å². The molecule has 2 aromatic carbocycles. The molecule has 9 nitrogen and oxygen atoms in total. The van der Waals surface area contributed by atoms with E-state index in [1.54, 1.807) is 12.1 Å². The number of rotatable bonds is 4. The third kappa shape index (κ3) is 3.16. The van der Waals surface area contributed by atoms with Gasteiger partial charge in [0.1, 0.15) is 11.6 Å². The smallest absolute Gasteiger partial charge is 0.238 e. The van der Waals surface area contributed by atoms with Crippen LogP contribution >= 0.6 is 0 Å². The molecule has 9 heteroatoms. The lowest BCUT2D eigenvalue weighted by Crippen LogP contribution is -2.49. The molecule has 242 valence electrons. The number of amides is 2. The van der Waals surface area contributed by atoms with Gasteiger partial charge in [-0.3, -0.25) is 9.59 Å². The van der Waals surface area contributed by atoms with Crippen molar-refractivity contribution in [3.8, 4) is 0 Å². The molecule has 4 aliphatic rings. The topological polar surface area (TPSA) is 123 Å². The minimum atomic E-state index is -0.874. The van der Waals surface area contributed by atoms with Crippen LogP contribution in [0.5, 0.6) is 0 Å². The summed E-state index contributed by atoms with van der Waals surface area (Å²) in [5.41, 5.74) is 3.41. The summed E-state index contributed by atoms with van der Waals surface area (Å²) in [6.07, 6.45) is 3.02. The maximum absolute atomic E-state index is 14.5. The second-order valence-corrected chi connectivity index (χ2v) is 15.9. The average Bonchev–Trinajstić information content (AvgIpc) is 3.53. The molecule has 48 heavy (non-hydrogen) atoms. The van der Waals surface area contributed by atoms with Crippen molar-refractivity contribution < 1.29 is 9.59 Å². The van der Waals surface area contributed by atoms with Gasteiger partial charge >= 0.3 is 0 Å². The van der Waals surface area contributed by atoms with Crippen LogP contribution in [0.15, 0.2) is 66.7 Å². The van der Waals surface area contributed by atoms with Gasteiger partial charge in [0.15, 0.2) is 0 Å². The Hall–Kier alpha value is -4.79. The molecule has 0 radical (unpaired) electrons. The number of fused-ring (bicyclic) bond motifs is 12. The van der Waals surface area contributed by atoms with Gasteiger partial charge in [0.05, 0.1) is 55.7 Å². The Labute approximate surface area is 279 Å². The number of hydrogen-bond acceptors (Lipinski definition) is 7. The fourth-order valence-corrected chi connectivity index (χ4v) is 10.1. The second kappa shape index (κ2) is 9.01. The van der Waals surface area contributed by atoms with E-state index < -0.39 is 21.7 Å². The summed E-state index contributed by atoms with van der Waals surface area (Å²) in [7, 11) is 0. The van der Waals surface area contributed by atoms with Crippen LogP contribution < -0.4 is 10.6 Å². The van der Waals surface area contributed by atoms with E-state index in [4.69, 9.17) is 24.9 Å². The molecule has 4 bridgehead atoms. The number of para-hydroxylation sites is 4. The molecule has 4 atom stereocenters. The Morgan fingerprint density at radius 1 is 0.479 bits per heavy atom. The quantitative estimate of drug-likeness (QED) is 0.220. The standard InChI is InChI=1S/C39H39N7O2/c1-34(2)36(5)18-20-38(34,30-28(36)40-22-12-7-9-14-24(22)42-30)32(47)45-26-16-11-17-27(44-26)46-33(48)39-21-19-37(6,35(39,3)4)29-31(39)43-25-15-10-8-13-23(25)41-29/h7-17H,18-21H2,1-6H3,(H2,44,45,46,47,48). The van der Waals surface area contributed by atoms with Gasteiger partial charge in [0, 0.05) is 10.8 Å². The molecular weight excluding hydrogens is 598 g/mol. The monoisotopic (exact) mass is 637 g/mol. The predicted molar refractivity (Wildman–Crippen MR) is 185 cm³/mol. The van der Waals surface area contributed by atoms with Gasteiger partial charge in [-0.25, -0.2) is 24.9 Å². The van der Waals surface area contributed by atoms with Crippen molar-refractivity contribution in [2.24, 2.45) is 10.8 Å². The highest BCUT2D eigenvalue weighted by Gasteiger charge is 2.74. The SMILES string of the molecule is CC12CCC(C(=O)Nc3cccc(NC(=O)C45CCC(C)(c6nc7ccccc7nc64)C5(C)C)n3)(c3nc4ccccc4nc31)C2(C)C. The van der Waals surface area contributed by atoms with Gasteiger partial charge in [0.25, 0.3) is 0 Å². The van der Waals surface area contributed by atoms with Crippen molar-refractivity contribution in [3.63, 3.8) is 0 Å². The van der Waals surface area contributed by atoms with Crippen LogP contribution in [-0.2, 0) is 31.2 Å². The molecule has 4 unspecified atom stereocenters. The maximum Gasteiger partial charge on any atom is 0.238 e. The number of carbonyl (C=O) groups is 2. The highest BCUT2D eigenvalue weighted by Crippen LogP contribution is 2.71. The molecule has 2 saturated carbocycles. The molecule has 0 aliphatic heterocycles. The number of benzene rings is 2. The normalized spacial score (nSPS) is 30.0. The summed E-state index contributed by atoms with van der Waals surface area (Å²) >= 11 is 0. The van der Waals surface area contributed by atoms with Gasteiger partial charge in [-0.05, 0) is 72.9 Å². The molecule has 2 N–H and O–H groups in total. The van der Waals surface area contributed by atoms with E-state index in [1.165, 1.54) is 0 Å². The first-order valence-corrected chi connectivity index (χ1v) is 17.0. The number of aromatic nitrogens is 5. The highest BCUT2D eigenvalue weighted by molar-refractivity contribution is 6.03. The largest absolute Gasteiger partial charge is 0.310 e. The number of pyridine rings is 1. The van der Waals surface area contributed by atoms with Crippen LogP contribution in [0.25, 0.3) is 22.1 Å². The van der Waals surface area contributed by atoms with Crippen molar-refractivity contribution in [1.29, 1.82) is 0 Å². The van der Waals surface area contributed by atoms with E-state index in [9.17, 15) is 9.59 Å². The molecular formula is C39H39N7O2. The van der Waals surface area contributed by atoms with Gasteiger partial charge in [-0.1, -0.05) is 71.9 Å². The van der Waals surface area contributed by atoms with Crippen LogP contribution in [0, 0.1) is 10.8 Å². The summed E-state index contributed by atoms with van der Waals surface area (Å²) in [5, 5.41) is 6.29. The average molecular weight is 638 g/mol. The first kappa shape index (κ1) is 29.4. The van der Waals surface area contributed by atoms with E-state index in [1.807, 2.05) is 54.6 Å². The molecule has 4 aliphatic carbocycles. The van der Waals surface area contributed by atoms with Gasteiger partial charge in [-0.15, -0.1) is 0 Å². The molecule has 3 heterocycles. The Balaban J connectivity index is 1.05. The summed E-state index contributed by atoms with van der Waals surface area (Å²) in [6.45, 7) is 13.1. The second-order valence-electron chi connectivity index (χ2n) is 15.9. The van der Waals surface area contributed by atoms with Gasteiger partial charge < -0.3 is 10.6 Å². The van der Waals surface area contributed by atoms with Crippen molar-refractivity contribution >= 4 is 45.5 Å². The van der Waals surface area contributed by atoms with Crippen LogP contribution in [0.3, 0.4) is 0 Å². The van der Waals surface area contributed by atoms with E-state index >= 15 is 0 Å². The summed E-state index contributed by atoms with van der Waals surface area (Å²) in [4.78, 5) is 54.2. The number of nitrogens with one attached hydrogen (secondary N) is 2. The molecule has 0 saturated heterocycles. The first-order chi connectivity index (χ1) is 22.8. The van der Waals surface area contributed by atoms with E-state index in [0.29, 0.717) is 24.5 Å². The fourth-order valence-electron chi connectivity index (χ4n) is 10.1. The Bertz CT molecular complexity index is 2110. The summed E-state index contributed by atoms with van der Waals surface area (Å²) < 4.78 is 0. The molecule has 0 spiro atoms. The van der Waals surface area contributed by atoms with Crippen LogP contribution in [0.2, 0.25) is 0 Å². The summed E-state index contributed by atoms with van der Waals surface area (Å²) in [6, 6.07) is 21.1. The zero-order valence-corrected chi connectivity index (χ0v) is 28.2. The van der Waals surface area contributed by atoms with Crippen molar-refractivity contribution in [2.45, 2.75) is 88.9 Å². The van der Waals surface area contributed by atoms with Crippen LogP contribution in [-0.4, -0.2) is 36.7 Å². The maximum atomic E-state index is 14.5. The van der Waals surface area contributed by atoms with E-state index in [2.05, 4.69) is 52.2 Å². The lowest BCUT2D eigenvalue weighted by Gasteiger charge is -2.39. The number of hydrogen-bond donors (Lipinski definition) is 2. The van der Waals surface area contributed by atoms with Gasteiger partial charge in [-0.2, -0.15) is 0 Å². The zero-order valence-electron chi connectivity index (χ0n) is 28.2. The number of anilines is 2. The van der Waals surface area contributed by atoms with Gasteiger partial charge in [0.2, 0.25) is 11.8 Å². The molecule has 9 rings (SSSR count). The third-order valence-electron chi connectivity index (χ3n) is 13.9. The van der Waals surface area contributed by atoms with Crippen molar-refractivity contribution in [1.82, 2.24) is 24.9 Å². The van der Waals surface area contributed by atoms with E-state index in [0.717, 1.165) is 57.7 Å². The van der Waals surface area contributed by atoms with Crippen LogP contribution in [0.1, 0.15) is 90.0 Å². The highest BCUT2D eigenvalue weighted by atomic mass is 16.2. The fraction of sp³-hybridized carbons (Fsp3) is 0.410. The molecule has 2 amide bonds. The Morgan fingerprint density at radius 3 is 1.21 bits per heavy atom. The third-order valence-corrected chi connectivity index (χ3v) is 13.9. The molecule has 5 aromatic rings.